The van der Waals surface area contributed by atoms with Crippen LogP contribution in [0.2, 0.25) is 10.3 Å². The number of ether oxygens (including phenoxy) is 1. The zero-order valence-corrected chi connectivity index (χ0v) is 8.89. The molecule has 1 aliphatic heterocycles. The van der Waals surface area contributed by atoms with Crippen LogP contribution < -0.4 is 4.74 Å². The van der Waals surface area contributed by atoms with E-state index in [1.165, 1.54) is 5.56 Å². The Morgan fingerprint density at radius 2 is 2.42 bits per heavy atom. The van der Waals surface area contributed by atoms with Crippen molar-refractivity contribution in [3.8, 4) is 5.75 Å². The molecule has 1 atom stereocenters. The molecule has 1 heterocycles. The summed E-state index contributed by atoms with van der Waals surface area (Å²) in [7, 11) is 0. The van der Waals surface area contributed by atoms with Gasteiger partial charge in [-0.05, 0) is 0 Å². The first-order chi connectivity index (χ1) is 5.79. The molecule has 0 saturated carbocycles. The van der Waals surface area contributed by atoms with Gasteiger partial charge in [0, 0.05) is 0 Å². The number of benzene rings is 1. The molecule has 0 spiro atoms. The standard InChI is InChI=1S/C9H8ClOSe/c10-7-1-2-9-6(3-7)4-8(5-12)11-9/h1-3,8H,4-5H2. The molecule has 0 bridgehead atoms. The van der Waals surface area contributed by atoms with Crippen molar-refractivity contribution < 1.29 is 4.74 Å². The summed E-state index contributed by atoms with van der Waals surface area (Å²) < 4.78 is 5.62. The molecule has 1 aromatic rings. The summed E-state index contributed by atoms with van der Waals surface area (Å²) in [5.41, 5.74) is 1.22. The Kier molecular flexibility index (Phi) is 2.31. The molecule has 0 fully saturated rings. The average molecular weight is 247 g/mol. The molecule has 0 aromatic heterocycles. The van der Waals surface area contributed by atoms with E-state index >= 15 is 0 Å². The van der Waals surface area contributed by atoms with E-state index in [1.807, 2.05) is 18.2 Å². The molecular weight excluding hydrogens is 239 g/mol. The van der Waals surface area contributed by atoms with Crippen LogP contribution in [0.4, 0.5) is 0 Å². The van der Waals surface area contributed by atoms with Gasteiger partial charge >= 0.3 is 84.7 Å². The van der Waals surface area contributed by atoms with Gasteiger partial charge in [0.15, 0.2) is 0 Å². The van der Waals surface area contributed by atoms with Gasteiger partial charge in [-0.2, -0.15) is 0 Å². The van der Waals surface area contributed by atoms with Crippen molar-refractivity contribution >= 4 is 27.6 Å². The second-order valence-electron chi connectivity index (χ2n) is 2.86. The van der Waals surface area contributed by atoms with Crippen LogP contribution in [-0.4, -0.2) is 22.1 Å². The van der Waals surface area contributed by atoms with Gasteiger partial charge in [0.05, 0.1) is 0 Å². The van der Waals surface area contributed by atoms with E-state index in [4.69, 9.17) is 16.3 Å². The summed E-state index contributed by atoms with van der Waals surface area (Å²) in [5, 5.41) is 1.73. The molecule has 0 N–H and O–H groups in total. The Balaban J connectivity index is 2.30. The van der Waals surface area contributed by atoms with Crippen molar-refractivity contribution in [3.63, 3.8) is 0 Å². The van der Waals surface area contributed by atoms with Gasteiger partial charge in [0.1, 0.15) is 0 Å². The zero-order valence-electron chi connectivity index (χ0n) is 6.42. The molecular formula is C9H8ClOSe. The van der Waals surface area contributed by atoms with Crippen molar-refractivity contribution in [2.24, 2.45) is 0 Å². The third-order valence-electron chi connectivity index (χ3n) is 1.95. The van der Waals surface area contributed by atoms with Crippen LogP contribution in [0.25, 0.3) is 0 Å². The first kappa shape index (κ1) is 8.43. The van der Waals surface area contributed by atoms with E-state index in [0.29, 0.717) is 6.10 Å². The van der Waals surface area contributed by atoms with Crippen LogP contribution >= 0.6 is 11.6 Å². The number of halogens is 1. The molecule has 0 saturated heterocycles. The normalized spacial score (nSPS) is 20.3. The molecule has 1 aliphatic rings. The van der Waals surface area contributed by atoms with Gasteiger partial charge in [-0.25, -0.2) is 0 Å². The first-order valence-corrected chi connectivity index (χ1v) is 5.41. The van der Waals surface area contributed by atoms with E-state index < -0.39 is 0 Å². The molecule has 1 radical (unpaired) electrons. The molecule has 0 amide bonds. The fraction of sp³-hybridized carbons (Fsp3) is 0.333. The molecule has 12 heavy (non-hydrogen) atoms. The van der Waals surface area contributed by atoms with Gasteiger partial charge in [0.25, 0.3) is 0 Å². The summed E-state index contributed by atoms with van der Waals surface area (Å²) in [5.74, 6) is 0.986. The SMILES string of the molecule is Clc1ccc2c(c1)CC(C[Se])O2. The summed E-state index contributed by atoms with van der Waals surface area (Å²) >= 11 is 8.83. The maximum atomic E-state index is 5.85. The maximum absolute atomic E-state index is 5.85. The van der Waals surface area contributed by atoms with Crippen molar-refractivity contribution in [1.82, 2.24) is 0 Å². The van der Waals surface area contributed by atoms with Crippen LogP contribution in [0.3, 0.4) is 0 Å². The third kappa shape index (κ3) is 1.47. The number of hydrogen-bond acceptors (Lipinski definition) is 1. The number of fused-ring (bicyclic) bond motifs is 1. The Morgan fingerprint density at radius 3 is 3.17 bits per heavy atom. The van der Waals surface area contributed by atoms with Gasteiger partial charge in [-0.3, -0.25) is 0 Å². The van der Waals surface area contributed by atoms with E-state index in [2.05, 4.69) is 16.0 Å². The predicted molar refractivity (Wildman–Crippen MR) is 50.1 cm³/mol. The van der Waals surface area contributed by atoms with Crippen LogP contribution in [-0.2, 0) is 6.42 Å². The number of rotatable bonds is 1. The monoisotopic (exact) mass is 247 g/mol. The van der Waals surface area contributed by atoms with Gasteiger partial charge in [0.2, 0.25) is 0 Å². The average Bonchev–Trinajstić information content (AvgIpc) is 2.46. The van der Waals surface area contributed by atoms with Crippen LogP contribution in [0.15, 0.2) is 18.2 Å². The summed E-state index contributed by atoms with van der Waals surface area (Å²) in [6.07, 6.45) is 1.28. The molecule has 1 unspecified atom stereocenters. The Bertz CT molecular complexity index is 301. The first-order valence-electron chi connectivity index (χ1n) is 3.83. The predicted octanol–water partition coefficient (Wildman–Crippen LogP) is 2.23. The Labute approximate surface area is 84.9 Å². The van der Waals surface area contributed by atoms with Gasteiger partial charge in [-0.15, -0.1) is 0 Å². The van der Waals surface area contributed by atoms with Crippen LogP contribution in [0.5, 0.6) is 5.75 Å². The second-order valence-corrected chi connectivity index (χ2v) is 4.00. The van der Waals surface area contributed by atoms with E-state index in [-0.39, 0.29) is 0 Å². The minimum atomic E-state index is 0.304. The molecule has 1 nitrogen and oxygen atoms in total. The topological polar surface area (TPSA) is 9.23 Å². The van der Waals surface area contributed by atoms with Crippen LogP contribution in [0, 0.1) is 0 Å². The molecule has 1 aromatic carbocycles. The van der Waals surface area contributed by atoms with Crippen molar-refractivity contribution in [2.45, 2.75) is 17.8 Å². The fourth-order valence-electron chi connectivity index (χ4n) is 1.38. The summed E-state index contributed by atoms with van der Waals surface area (Å²) in [6, 6.07) is 5.78. The second kappa shape index (κ2) is 3.29. The Morgan fingerprint density at radius 1 is 1.58 bits per heavy atom. The van der Waals surface area contributed by atoms with Crippen molar-refractivity contribution in [2.75, 3.05) is 0 Å². The van der Waals surface area contributed by atoms with Gasteiger partial charge in [-0.1, -0.05) is 0 Å². The van der Waals surface area contributed by atoms with Gasteiger partial charge < -0.3 is 0 Å². The van der Waals surface area contributed by atoms with Crippen LogP contribution in [0.1, 0.15) is 5.56 Å². The molecule has 63 valence electrons. The Hall–Kier alpha value is -0.171. The fourth-order valence-corrected chi connectivity index (χ4v) is 1.97. The van der Waals surface area contributed by atoms with Crippen molar-refractivity contribution in [3.05, 3.63) is 28.8 Å². The minimum absolute atomic E-state index is 0.304. The van der Waals surface area contributed by atoms with E-state index in [0.717, 1.165) is 22.5 Å². The van der Waals surface area contributed by atoms with E-state index in [1.54, 1.807) is 0 Å². The zero-order chi connectivity index (χ0) is 8.55. The summed E-state index contributed by atoms with van der Waals surface area (Å²) in [6.45, 7) is 0. The molecule has 3 heteroatoms. The third-order valence-corrected chi connectivity index (χ3v) is 2.96. The van der Waals surface area contributed by atoms with E-state index in [9.17, 15) is 0 Å². The number of hydrogen-bond donors (Lipinski definition) is 0. The molecule has 2 rings (SSSR count). The summed E-state index contributed by atoms with van der Waals surface area (Å²) in [4.78, 5) is 0. The quantitative estimate of drug-likeness (QED) is 0.691. The molecule has 0 aliphatic carbocycles. The van der Waals surface area contributed by atoms with Crippen molar-refractivity contribution in [1.29, 1.82) is 0 Å².